The molecule has 0 aromatic carbocycles. The smallest absolute Gasteiger partial charge is 0.270 e. The monoisotopic (exact) mass is 481 g/mol. The van der Waals surface area contributed by atoms with Gasteiger partial charge in [0.05, 0.1) is 42.6 Å². The molecule has 0 bridgehead atoms. The van der Waals surface area contributed by atoms with Gasteiger partial charge in [0.25, 0.3) is 5.91 Å². The van der Waals surface area contributed by atoms with Gasteiger partial charge in [0.1, 0.15) is 0 Å². The maximum absolute atomic E-state index is 14.1. The molecular formula is C24H28FN7O3. The number of carbonyl (C=O) groups excluding carboxylic acids is 2. The largest absolute Gasteiger partial charge is 0.481 e. The summed E-state index contributed by atoms with van der Waals surface area (Å²) in [5.41, 5.74) is 6.64. The summed E-state index contributed by atoms with van der Waals surface area (Å²) in [5, 5.41) is 11.1. The number of methoxy groups -OCH3 is 1. The third kappa shape index (κ3) is 5.13. The molecule has 0 unspecified atom stereocenters. The lowest BCUT2D eigenvalue weighted by Crippen LogP contribution is -2.51. The standard InChI is InChI=1S/C24H28FN7O3/c1-14-20(29-7-6-28-14)13-31-22(33)15-3-8-32(24(11-15)4-5-24)23(34)19(27)10-18(26)16-9-21(35-2)30-12-17(16)25/h6-7,9-10,12,15,26H,3-5,8,11,13,27H2,1-2H3,(H,31,33)/t15-/m0/s1. The third-order valence-corrected chi connectivity index (χ3v) is 6.63. The lowest BCUT2D eigenvalue weighted by Gasteiger charge is -2.39. The van der Waals surface area contributed by atoms with E-state index in [1.54, 1.807) is 17.3 Å². The minimum Gasteiger partial charge on any atom is -0.481 e. The van der Waals surface area contributed by atoms with Crippen LogP contribution in [-0.4, -0.2) is 56.6 Å². The molecule has 0 radical (unpaired) electrons. The summed E-state index contributed by atoms with van der Waals surface area (Å²) in [7, 11) is 1.39. The number of nitrogens with zero attached hydrogens (tertiary/aromatic N) is 4. The molecule has 2 aromatic rings. The zero-order valence-electron chi connectivity index (χ0n) is 19.7. The number of nitrogens with one attached hydrogen (secondary N) is 2. The third-order valence-electron chi connectivity index (χ3n) is 6.63. The fourth-order valence-electron chi connectivity index (χ4n) is 4.47. The summed E-state index contributed by atoms with van der Waals surface area (Å²) in [6.07, 6.45) is 7.92. The molecule has 4 N–H and O–H groups in total. The number of pyridine rings is 1. The van der Waals surface area contributed by atoms with Crippen LogP contribution in [-0.2, 0) is 16.1 Å². The van der Waals surface area contributed by atoms with Crippen molar-refractivity contribution in [3.63, 3.8) is 0 Å². The highest BCUT2D eigenvalue weighted by Gasteiger charge is 2.54. The number of rotatable bonds is 7. The van der Waals surface area contributed by atoms with Crippen LogP contribution in [0.5, 0.6) is 5.88 Å². The lowest BCUT2D eigenvalue weighted by atomic mass is 9.88. The predicted octanol–water partition coefficient (Wildman–Crippen LogP) is 1.63. The molecule has 1 aliphatic heterocycles. The molecule has 11 heteroatoms. The molecule has 2 aromatic heterocycles. The van der Waals surface area contributed by atoms with Gasteiger partial charge in [-0.15, -0.1) is 0 Å². The van der Waals surface area contributed by atoms with Crippen molar-refractivity contribution < 1.29 is 18.7 Å². The molecule has 2 fully saturated rings. The second-order valence-electron chi connectivity index (χ2n) is 8.90. The molecule has 1 spiro atoms. The van der Waals surface area contributed by atoms with Crippen molar-refractivity contribution in [2.24, 2.45) is 11.7 Å². The quantitative estimate of drug-likeness (QED) is 0.402. The van der Waals surface area contributed by atoms with Gasteiger partial charge in [-0.2, -0.15) is 0 Å². The number of carbonyl (C=O) groups is 2. The number of ether oxygens (including phenoxy) is 1. The second kappa shape index (κ2) is 9.77. The first-order valence-corrected chi connectivity index (χ1v) is 11.4. The van der Waals surface area contributed by atoms with Gasteiger partial charge < -0.3 is 26.1 Å². The maximum atomic E-state index is 14.1. The summed E-state index contributed by atoms with van der Waals surface area (Å²) >= 11 is 0. The maximum Gasteiger partial charge on any atom is 0.270 e. The lowest BCUT2D eigenvalue weighted by molar-refractivity contribution is -0.137. The zero-order chi connectivity index (χ0) is 25.2. The number of aryl methyl sites for hydroxylation is 1. The van der Waals surface area contributed by atoms with E-state index in [9.17, 15) is 14.0 Å². The van der Waals surface area contributed by atoms with Gasteiger partial charge in [-0.3, -0.25) is 19.6 Å². The van der Waals surface area contributed by atoms with Gasteiger partial charge in [-0.1, -0.05) is 0 Å². The van der Waals surface area contributed by atoms with Crippen LogP contribution >= 0.6 is 0 Å². The Hall–Kier alpha value is -3.89. The van der Waals surface area contributed by atoms with Gasteiger partial charge >= 0.3 is 0 Å². The van der Waals surface area contributed by atoms with Crippen molar-refractivity contribution in [1.29, 1.82) is 5.41 Å². The Bertz CT molecular complexity index is 1200. The first-order chi connectivity index (χ1) is 16.7. The molecule has 1 aliphatic carbocycles. The Balaban J connectivity index is 1.40. The van der Waals surface area contributed by atoms with Crippen molar-refractivity contribution in [1.82, 2.24) is 25.2 Å². The average Bonchev–Trinajstić information content (AvgIpc) is 3.62. The number of allylic oxidation sites excluding steroid dienone is 1. The fraction of sp³-hybridized carbons (Fsp3) is 0.417. The van der Waals surface area contributed by atoms with Crippen LogP contribution in [0.15, 0.2) is 36.4 Å². The van der Waals surface area contributed by atoms with E-state index in [2.05, 4.69) is 20.3 Å². The van der Waals surface area contributed by atoms with Gasteiger partial charge in [-0.25, -0.2) is 9.37 Å². The Kier molecular flexibility index (Phi) is 6.77. The number of piperidine rings is 1. The summed E-state index contributed by atoms with van der Waals surface area (Å²) in [5.74, 6) is -1.27. The number of likely N-dealkylation sites (tertiary alicyclic amines) is 1. The molecule has 2 amide bonds. The number of aromatic nitrogens is 3. The van der Waals surface area contributed by atoms with Crippen LogP contribution in [0.1, 0.15) is 42.6 Å². The highest BCUT2D eigenvalue weighted by molar-refractivity contribution is 6.11. The number of halogens is 1. The number of hydrogen-bond acceptors (Lipinski definition) is 8. The molecule has 1 atom stereocenters. The van der Waals surface area contributed by atoms with Crippen LogP contribution in [0.4, 0.5) is 4.39 Å². The summed E-state index contributed by atoms with van der Waals surface area (Å²) < 4.78 is 19.1. The molecule has 35 heavy (non-hydrogen) atoms. The van der Waals surface area contributed by atoms with Crippen molar-refractivity contribution in [2.45, 2.75) is 44.7 Å². The predicted molar refractivity (Wildman–Crippen MR) is 125 cm³/mol. The van der Waals surface area contributed by atoms with Crippen LogP contribution in [0.25, 0.3) is 0 Å². The Morgan fingerprint density at radius 1 is 1.34 bits per heavy atom. The van der Waals surface area contributed by atoms with E-state index in [1.165, 1.54) is 13.2 Å². The van der Waals surface area contributed by atoms with Crippen molar-refractivity contribution in [2.75, 3.05) is 13.7 Å². The van der Waals surface area contributed by atoms with Gasteiger partial charge in [0.15, 0.2) is 5.82 Å². The number of hydrogen-bond donors (Lipinski definition) is 3. The summed E-state index contributed by atoms with van der Waals surface area (Å²) in [6.45, 7) is 2.52. The Morgan fingerprint density at radius 3 is 2.77 bits per heavy atom. The van der Waals surface area contributed by atoms with Crippen LogP contribution in [0.3, 0.4) is 0 Å². The first-order valence-electron chi connectivity index (χ1n) is 11.4. The zero-order valence-corrected chi connectivity index (χ0v) is 19.7. The summed E-state index contributed by atoms with van der Waals surface area (Å²) in [4.78, 5) is 39.8. The molecular weight excluding hydrogens is 453 g/mol. The second-order valence-corrected chi connectivity index (χ2v) is 8.90. The minimum absolute atomic E-state index is 0.0672. The van der Waals surface area contributed by atoms with Gasteiger partial charge in [-0.05, 0) is 38.7 Å². The Morgan fingerprint density at radius 2 is 2.09 bits per heavy atom. The number of nitrogens with two attached hydrogens (primary N) is 1. The van der Waals surface area contributed by atoms with Crippen LogP contribution in [0, 0.1) is 24.1 Å². The van der Waals surface area contributed by atoms with E-state index in [-0.39, 0.29) is 34.7 Å². The molecule has 3 heterocycles. The van der Waals surface area contributed by atoms with E-state index >= 15 is 0 Å². The number of amides is 2. The Labute approximate surface area is 202 Å². The van der Waals surface area contributed by atoms with Crippen LogP contribution in [0.2, 0.25) is 0 Å². The molecule has 10 nitrogen and oxygen atoms in total. The minimum atomic E-state index is -0.713. The molecule has 4 rings (SSSR count). The van der Waals surface area contributed by atoms with Crippen molar-refractivity contribution >= 4 is 17.5 Å². The molecule has 1 saturated carbocycles. The van der Waals surface area contributed by atoms with E-state index in [0.29, 0.717) is 25.9 Å². The molecule has 1 saturated heterocycles. The highest BCUT2D eigenvalue weighted by atomic mass is 19.1. The highest BCUT2D eigenvalue weighted by Crippen LogP contribution is 2.50. The molecule has 184 valence electrons. The topological polar surface area (TPSA) is 147 Å². The van der Waals surface area contributed by atoms with Gasteiger partial charge in [0.2, 0.25) is 11.8 Å². The fourth-order valence-corrected chi connectivity index (χ4v) is 4.47. The SMILES string of the molecule is COc1cc(C(=N)C=C(N)C(=O)N2CC[C@H](C(=O)NCc3nccnc3C)CC23CC3)c(F)cn1. The van der Waals surface area contributed by atoms with E-state index < -0.39 is 17.3 Å². The normalized spacial score (nSPS) is 18.8. The van der Waals surface area contributed by atoms with Crippen LogP contribution < -0.4 is 15.8 Å². The first kappa shape index (κ1) is 24.2. The van der Waals surface area contributed by atoms with E-state index in [4.69, 9.17) is 15.9 Å². The van der Waals surface area contributed by atoms with Gasteiger partial charge in [0, 0.05) is 42.0 Å². The van der Waals surface area contributed by atoms with E-state index in [1.807, 2.05) is 6.92 Å². The van der Waals surface area contributed by atoms with Crippen molar-refractivity contribution in [3.05, 3.63) is 59.2 Å². The average molecular weight is 482 g/mol. The van der Waals surface area contributed by atoms with E-state index in [0.717, 1.165) is 36.5 Å². The van der Waals surface area contributed by atoms with Crippen molar-refractivity contribution in [3.8, 4) is 5.88 Å². The summed E-state index contributed by atoms with van der Waals surface area (Å²) in [6, 6.07) is 1.28. The molecule has 2 aliphatic rings.